The van der Waals surface area contributed by atoms with Crippen LogP contribution in [-0.2, 0) is 12.8 Å². The van der Waals surface area contributed by atoms with Gasteiger partial charge in [-0.15, -0.1) is 0 Å². The Morgan fingerprint density at radius 2 is 1.97 bits per heavy atom. The van der Waals surface area contributed by atoms with Crippen LogP contribution in [-0.4, -0.2) is 77.5 Å². The van der Waals surface area contributed by atoms with Crippen molar-refractivity contribution in [2.75, 3.05) is 51.3 Å². The molecule has 0 amide bonds. The summed E-state index contributed by atoms with van der Waals surface area (Å²) in [6, 6.07) is 5.35. The zero-order chi connectivity index (χ0) is 23.9. The van der Waals surface area contributed by atoms with Crippen molar-refractivity contribution in [3.8, 4) is 6.01 Å². The van der Waals surface area contributed by atoms with E-state index >= 15 is 0 Å². The molecule has 3 aromatic rings. The van der Waals surface area contributed by atoms with Gasteiger partial charge in [0.05, 0.1) is 17.4 Å². The average molecular weight is 476 g/mol. The topological polar surface area (TPSA) is 82.2 Å². The molecule has 2 aromatic heterocycles. The zero-order valence-electron chi connectivity index (χ0n) is 21.2. The number of ether oxygens (including phenoxy) is 1. The first-order valence-electron chi connectivity index (χ1n) is 13.2. The summed E-state index contributed by atoms with van der Waals surface area (Å²) in [6.07, 6.45) is 6.29. The van der Waals surface area contributed by atoms with Crippen molar-refractivity contribution >= 4 is 16.7 Å². The summed E-state index contributed by atoms with van der Waals surface area (Å²) in [5, 5.41) is 12.2. The van der Waals surface area contributed by atoms with Crippen LogP contribution >= 0.6 is 0 Å². The minimum atomic E-state index is 0.392. The standard InChI is InChI=1S/C27H37N7O/c1-17-6-7-23-22(15-29-32-23)25(17)20-14-24-21(13-18(20)2)26(34-11-8-28-9-12-34)31-27(30-24)35-16-19-5-4-10-33(19)3/h6-7,15,18-20,28H,4-5,8-14,16H2,1-3H3,(H,29,32). The number of nitrogens with zero attached hydrogens (tertiary/aromatic N) is 5. The molecule has 4 heterocycles. The van der Waals surface area contributed by atoms with Gasteiger partial charge in [-0.1, -0.05) is 13.0 Å². The van der Waals surface area contributed by atoms with Crippen LogP contribution in [0.2, 0.25) is 0 Å². The molecule has 1 aliphatic carbocycles. The maximum Gasteiger partial charge on any atom is 0.318 e. The Labute approximate surface area is 207 Å². The van der Waals surface area contributed by atoms with Gasteiger partial charge in [0.1, 0.15) is 12.4 Å². The zero-order valence-corrected chi connectivity index (χ0v) is 21.2. The number of benzene rings is 1. The fourth-order valence-corrected chi connectivity index (χ4v) is 6.34. The summed E-state index contributed by atoms with van der Waals surface area (Å²) in [5.41, 5.74) is 6.32. The highest BCUT2D eigenvalue weighted by atomic mass is 16.5. The number of fused-ring (bicyclic) bond motifs is 2. The molecule has 8 heteroatoms. The fraction of sp³-hybridized carbons (Fsp3) is 0.593. The normalized spacial score (nSPS) is 25.2. The molecule has 1 aromatic carbocycles. The highest BCUT2D eigenvalue weighted by Crippen LogP contribution is 2.43. The summed E-state index contributed by atoms with van der Waals surface area (Å²) in [4.78, 5) is 14.9. The number of anilines is 1. The number of piperazine rings is 1. The van der Waals surface area contributed by atoms with Crippen LogP contribution in [0.3, 0.4) is 0 Å². The summed E-state index contributed by atoms with van der Waals surface area (Å²) in [7, 11) is 2.19. The van der Waals surface area contributed by atoms with E-state index in [1.165, 1.54) is 34.9 Å². The lowest BCUT2D eigenvalue weighted by atomic mass is 9.73. The van der Waals surface area contributed by atoms with E-state index in [-0.39, 0.29) is 0 Å². The molecule has 186 valence electrons. The van der Waals surface area contributed by atoms with Crippen LogP contribution < -0.4 is 15.0 Å². The van der Waals surface area contributed by atoms with Crippen molar-refractivity contribution < 1.29 is 4.74 Å². The highest BCUT2D eigenvalue weighted by Gasteiger charge is 2.34. The molecule has 0 spiro atoms. The van der Waals surface area contributed by atoms with Gasteiger partial charge in [-0.25, -0.2) is 0 Å². The Morgan fingerprint density at radius 1 is 1.11 bits per heavy atom. The first-order valence-corrected chi connectivity index (χ1v) is 13.2. The second kappa shape index (κ2) is 9.39. The van der Waals surface area contributed by atoms with Crippen molar-refractivity contribution in [1.82, 2.24) is 30.4 Å². The van der Waals surface area contributed by atoms with E-state index in [4.69, 9.17) is 14.7 Å². The van der Waals surface area contributed by atoms with Crippen molar-refractivity contribution in [1.29, 1.82) is 0 Å². The molecule has 3 atom stereocenters. The molecule has 2 N–H and O–H groups in total. The van der Waals surface area contributed by atoms with E-state index in [1.807, 2.05) is 6.20 Å². The number of aromatic nitrogens is 4. The molecular formula is C27H37N7O. The van der Waals surface area contributed by atoms with Gasteiger partial charge in [-0.05, 0) is 75.2 Å². The predicted octanol–water partition coefficient (Wildman–Crippen LogP) is 3.06. The van der Waals surface area contributed by atoms with Crippen LogP contribution in [0.1, 0.15) is 48.1 Å². The molecular weight excluding hydrogens is 438 g/mol. The van der Waals surface area contributed by atoms with Gasteiger partial charge in [0.15, 0.2) is 0 Å². The second-order valence-corrected chi connectivity index (χ2v) is 10.7. The molecule has 3 unspecified atom stereocenters. The highest BCUT2D eigenvalue weighted by molar-refractivity contribution is 5.83. The first-order chi connectivity index (χ1) is 17.1. The predicted molar refractivity (Wildman–Crippen MR) is 138 cm³/mol. The number of rotatable bonds is 5. The molecule has 0 saturated carbocycles. The number of aryl methyl sites for hydroxylation is 1. The lowest BCUT2D eigenvalue weighted by molar-refractivity contribution is 0.187. The maximum atomic E-state index is 6.29. The van der Waals surface area contributed by atoms with E-state index in [0.717, 1.165) is 62.6 Å². The third-order valence-electron chi connectivity index (χ3n) is 8.42. The lowest BCUT2D eigenvalue weighted by Gasteiger charge is -2.36. The molecule has 3 aliphatic rings. The van der Waals surface area contributed by atoms with E-state index < -0.39 is 0 Å². The van der Waals surface area contributed by atoms with Gasteiger partial charge in [-0.2, -0.15) is 15.1 Å². The maximum absolute atomic E-state index is 6.29. The van der Waals surface area contributed by atoms with Crippen LogP contribution in [0.5, 0.6) is 6.01 Å². The smallest absolute Gasteiger partial charge is 0.318 e. The summed E-state index contributed by atoms with van der Waals surface area (Å²) >= 11 is 0. The SMILES string of the molecule is Cc1ccc2[nH]ncc2c1C1Cc2nc(OCC3CCCN3C)nc(N3CCNCC3)c2CC1C. The Morgan fingerprint density at radius 3 is 2.77 bits per heavy atom. The second-order valence-electron chi connectivity index (χ2n) is 10.7. The number of hydrogen-bond donors (Lipinski definition) is 2. The Hall–Kier alpha value is -2.71. The van der Waals surface area contributed by atoms with Crippen LogP contribution in [0.25, 0.3) is 10.9 Å². The van der Waals surface area contributed by atoms with Gasteiger partial charge in [0, 0.05) is 43.2 Å². The van der Waals surface area contributed by atoms with Crippen molar-refractivity contribution in [3.63, 3.8) is 0 Å². The molecule has 8 nitrogen and oxygen atoms in total. The molecule has 35 heavy (non-hydrogen) atoms. The van der Waals surface area contributed by atoms with Crippen molar-refractivity contribution in [2.24, 2.45) is 5.92 Å². The van der Waals surface area contributed by atoms with Gasteiger partial charge >= 0.3 is 6.01 Å². The van der Waals surface area contributed by atoms with Crippen LogP contribution in [0.15, 0.2) is 18.3 Å². The van der Waals surface area contributed by atoms with Gasteiger partial charge in [0.2, 0.25) is 0 Å². The fourth-order valence-electron chi connectivity index (χ4n) is 6.34. The van der Waals surface area contributed by atoms with E-state index in [1.54, 1.807) is 0 Å². The first kappa shape index (κ1) is 22.7. The van der Waals surface area contributed by atoms with Gasteiger partial charge in [-0.3, -0.25) is 5.10 Å². The van der Waals surface area contributed by atoms with Crippen LogP contribution in [0.4, 0.5) is 5.82 Å². The molecule has 2 saturated heterocycles. The van der Waals surface area contributed by atoms with Crippen LogP contribution in [0, 0.1) is 12.8 Å². The Kier molecular flexibility index (Phi) is 6.10. The number of hydrogen-bond acceptors (Lipinski definition) is 7. The van der Waals surface area contributed by atoms with E-state index in [9.17, 15) is 0 Å². The number of H-pyrrole nitrogens is 1. The minimum absolute atomic E-state index is 0.392. The monoisotopic (exact) mass is 475 g/mol. The Balaban J connectivity index is 1.36. The largest absolute Gasteiger partial charge is 0.462 e. The Bertz CT molecular complexity index is 1200. The molecule has 2 fully saturated rings. The van der Waals surface area contributed by atoms with Crippen molar-refractivity contribution in [2.45, 2.75) is 51.5 Å². The van der Waals surface area contributed by atoms with Crippen molar-refractivity contribution in [3.05, 3.63) is 40.7 Å². The minimum Gasteiger partial charge on any atom is -0.462 e. The number of nitrogens with one attached hydrogen (secondary N) is 2. The summed E-state index contributed by atoms with van der Waals surface area (Å²) in [5.74, 6) is 1.98. The van der Waals surface area contributed by atoms with Gasteiger partial charge < -0.3 is 19.9 Å². The van der Waals surface area contributed by atoms with E-state index in [2.05, 4.69) is 58.3 Å². The number of likely N-dealkylation sites (N-methyl/N-ethyl adjacent to an activating group) is 1. The van der Waals surface area contributed by atoms with E-state index in [0.29, 0.717) is 30.5 Å². The number of aromatic amines is 1. The third kappa shape index (κ3) is 4.27. The molecule has 0 radical (unpaired) electrons. The summed E-state index contributed by atoms with van der Waals surface area (Å²) in [6.45, 7) is 10.3. The average Bonchev–Trinajstić information content (AvgIpc) is 3.51. The molecule has 6 rings (SSSR count). The van der Waals surface area contributed by atoms with Gasteiger partial charge in [0.25, 0.3) is 0 Å². The molecule has 2 aliphatic heterocycles. The third-order valence-corrected chi connectivity index (χ3v) is 8.42. The molecule has 0 bridgehead atoms. The quantitative estimate of drug-likeness (QED) is 0.587. The lowest BCUT2D eigenvalue weighted by Crippen LogP contribution is -2.44. The number of likely N-dealkylation sites (tertiary alicyclic amines) is 1. The summed E-state index contributed by atoms with van der Waals surface area (Å²) < 4.78 is 6.29.